The van der Waals surface area contributed by atoms with Gasteiger partial charge in [-0.3, -0.25) is 0 Å². The maximum absolute atomic E-state index is 3.82. The van der Waals surface area contributed by atoms with E-state index in [1.807, 2.05) is 0 Å². The Hall–Kier alpha value is -0.820. The van der Waals surface area contributed by atoms with Crippen molar-refractivity contribution in [2.45, 2.75) is 66.3 Å². The van der Waals surface area contributed by atoms with Gasteiger partial charge in [0.1, 0.15) is 0 Å². The molecule has 0 amide bonds. The molecular weight excluding hydrogens is 242 g/mol. The van der Waals surface area contributed by atoms with Crippen molar-refractivity contribution in [3.8, 4) is 0 Å². The largest absolute Gasteiger partial charge is 0.309 e. The molecule has 0 radical (unpaired) electrons. The minimum absolute atomic E-state index is 0.345. The average Bonchev–Trinajstić information content (AvgIpc) is 2.43. The minimum atomic E-state index is 0.345. The van der Waals surface area contributed by atoms with Gasteiger partial charge in [-0.15, -0.1) is 0 Å². The van der Waals surface area contributed by atoms with Gasteiger partial charge in [0.05, 0.1) is 0 Å². The van der Waals surface area contributed by atoms with Crippen molar-refractivity contribution in [2.75, 3.05) is 6.54 Å². The molecule has 0 fully saturated rings. The van der Waals surface area contributed by atoms with Crippen LogP contribution in [0.15, 0.2) is 30.3 Å². The second-order valence-corrected chi connectivity index (χ2v) is 6.98. The summed E-state index contributed by atoms with van der Waals surface area (Å²) in [5, 5.41) is 3.82. The Balaban J connectivity index is 2.64. The predicted molar refractivity (Wildman–Crippen MR) is 89.9 cm³/mol. The zero-order valence-corrected chi connectivity index (χ0v) is 14.1. The molecule has 0 bridgehead atoms. The molecule has 0 saturated carbocycles. The van der Waals surface area contributed by atoms with Gasteiger partial charge in [-0.25, -0.2) is 0 Å². The Labute approximate surface area is 126 Å². The lowest BCUT2D eigenvalue weighted by atomic mass is 9.81. The number of rotatable bonds is 9. The molecule has 1 rings (SSSR count). The fraction of sp³-hybridized carbons (Fsp3) is 0.684. The van der Waals surface area contributed by atoms with Crippen molar-refractivity contribution in [1.82, 2.24) is 5.32 Å². The van der Waals surface area contributed by atoms with E-state index in [-0.39, 0.29) is 0 Å². The summed E-state index contributed by atoms with van der Waals surface area (Å²) in [5.74, 6) is 0.696. The molecule has 0 spiro atoms. The fourth-order valence-corrected chi connectivity index (χ4v) is 2.26. The van der Waals surface area contributed by atoms with Crippen LogP contribution >= 0.6 is 0 Å². The second-order valence-electron chi connectivity index (χ2n) is 6.98. The van der Waals surface area contributed by atoms with Crippen molar-refractivity contribution in [1.29, 1.82) is 0 Å². The third kappa shape index (κ3) is 5.66. The van der Waals surface area contributed by atoms with Gasteiger partial charge in [-0.1, -0.05) is 84.2 Å². The normalized spacial score (nSPS) is 13.7. The van der Waals surface area contributed by atoms with Crippen LogP contribution in [0.4, 0.5) is 0 Å². The highest BCUT2D eigenvalue weighted by Crippen LogP contribution is 2.27. The highest BCUT2D eigenvalue weighted by Gasteiger charge is 2.23. The molecule has 1 aromatic carbocycles. The molecule has 20 heavy (non-hydrogen) atoms. The van der Waals surface area contributed by atoms with E-state index in [4.69, 9.17) is 0 Å². The number of unbranched alkanes of at least 4 members (excludes halogenated alkanes) is 2. The number of nitrogens with one attached hydrogen (secondary N) is 1. The van der Waals surface area contributed by atoms with E-state index in [0.717, 1.165) is 6.54 Å². The fourth-order valence-electron chi connectivity index (χ4n) is 2.26. The van der Waals surface area contributed by atoms with E-state index in [1.165, 1.54) is 31.2 Å². The molecule has 0 saturated heterocycles. The topological polar surface area (TPSA) is 12.0 Å². The molecule has 1 heteroatoms. The third-order valence-electron chi connectivity index (χ3n) is 4.67. The van der Waals surface area contributed by atoms with E-state index in [1.54, 1.807) is 0 Å². The summed E-state index contributed by atoms with van der Waals surface area (Å²) in [4.78, 5) is 0. The van der Waals surface area contributed by atoms with Crippen LogP contribution in [-0.4, -0.2) is 6.54 Å². The van der Waals surface area contributed by atoms with Crippen molar-refractivity contribution in [3.05, 3.63) is 35.9 Å². The summed E-state index contributed by atoms with van der Waals surface area (Å²) in [6.07, 6.45) is 5.18. The maximum Gasteiger partial charge on any atom is 0.0320 e. The molecule has 1 N–H and O–H groups in total. The Bertz CT molecular complexity index is 353. The van der Waals surface area contributed by atoms with Crippen molar-refractivity contribution >= 4 is 0 Å². The van der Waals surface area contributed by atoms with Crippen LogP contribution in [0.5, 0.6) is 0 Å². The SMILES string of the molecule is CCCCCC(NCC(C)(C)C(C)C)c1ccccc1. The van der Waals surface area contributed by atoms with Crippen LogP contribution < -0.4 is 5.32 Å². The summed E-state index contributed by atoms with van der Waals surface area (Å²) in [5.41, 5.74) is 1.78. The van der Waals surface area contributed by atoms with Crippen LogP contribution in [0.1, 0.15) is 71.9 Å². The molecule has 0 aromatic heterocycles. The highest BCUT2D eigenvalue weighted by molar-refractivity contribution is 5.18. The third-order valence-corrected chi connectivity index (χ3v) is 4.67. The molecule has 0 aliphatic carbocycles. The zero-order chi connectivity index (χ0) is 15.0. The average molecular weight is 275 g/mol. The summed E-state index contributed by atoms with van der Waals surface area (Å²) in [6, 6.07) is 11.4. The van der Waals surface area contributed by atoms with Gasteiger partial charge < -0.3 is 5.32 Å². The predicted octanol–water partition coefficient (Wildman–Crippen LogP) is 5.58. The molecule has 0 aliphatic heterocycles. The molecule has 114 valence electrons. The quantitative estimate of drug-likeness (QED) is 0.580. The van der Waals surface area contributed by atoms with Crippen LogP contribution in [0.25, 0.3) is 0 Å². The molecule has 0 heterocycles. The van der Waals surface area contributed by atoms with Gasteiger partial charge in [0.15, 0.2) is 0 Å². The monoisotopic (exact) mass is 275 g/mol. The van der Waals surface area contributed by atoms with Crippen LogP contribution in [0, 0.1) is 11.3 Å². The van der Waals surface area contributed by atoms with Gasteiger partial charge in [0, 0.05) is 12.6 Å². The van der Waals surface area contributed by atoms with E-state index >= 15 is 0 Å². The number of hydrogen-bond donors (Lipinski definition) is 1. The summed E-state index contributed by atoms with van der Waals surface area (Å²) >= 11 is 0. The van der Waals surface area contributed by atoms with Crippen LogP contribution in [0.2, 0.25) is 0 Å². The molecule has 1 aromatic rings. The number of benzene rings is 1. The van der Waals surface area contributed by atoms with Gasteiger partial charge in [-0.2, -0.15) is 0 Å². The number of hydrogen-bond acceptors (Lipinski definition) is 1. The van der Waals surface area contributed by atoms with Crippen molar-refractivity contribution in [2.24, 2.45) is 11.3 Å². The van der Waals surface area contributed by atoms with E-state index in [0.29, 0.717) is 17.4 Å². The lowest BCUT2D eigenvalue weighted by Gasteiger charge is -2.32. The van der Waals surface area contributed by atoms with Gasteiger partial charge in [0.25, 0.3) is 0 Å². The Morgan fingerprint density at radius 3 is 2.25 bits per heavy atom. The van der Waals surface area contributed by atoms with Gasteiger partial charge in [-0.05, 0) is 23.3 Å². The van der Waals surface area contributed by atoms with E-state index in [2.05, 4.69) is 70.3 Å². The van der Waals surface area contributed by atoms with Crippen molar-refractivity contribution < 1.29 is 0 Å². The lowest BCUT2D eigenvalue weighted by Crippen LogP contribution is -2.35. The lowest BCUT2D eigenvalue weighted by molar-refractivity contribution is 0.225. The van der Waals surface area contributed by atoms with Gasteiger partial charge in [0.2, 0.25) is 0 Å². The van der Waals surface area contributed by atoms with Crippen LogP contribution in [-0.2, 0) is 0 Å². The Morgan fingerprint density at radius 2 is 1.70 bits per heavy atom. The summed E-state index contributed by atoms with van der Waals surface area (Å²) in [6.45, 7) is 12.7. The van der Waals surface area contributed by atoms with Crippen molar-refractivity contribution in [3.63, 3.8) is 0 Å². The maximum atomic E-state index is 3.82. The standard InChI is InChI=1S/C19H33N/c1-6-7-9-14-18(17-12-10-8-11-13-17)20-15-19(4,5)16(2)3/h8,10-13,16,18,20H,6-7,9,14-15H2,1-5H3. The first-order valence-electron chi connectivity index (χ1n) is 8.25. The molecule has 0 aliphatic rings. The molecule has 1 atom stereocenters. The van der Waals surface area contributed by atoms with Gasteiger partial charge >= 0.3 is 0 Å². The Morgan fingerprint density at radius 1 is 1.05 bits per heavy atom. The highest BCUT2D eigenvalue weighted by atomic mass is 14.9. The molecule has 1 unspecified atom stereocenters. The summed E-state index contributed by atoms with van der Waals surface area (Å²) < 4.78 is 0. The Kier molecular flexibility index (Phi) is 7.29. The first-order valence-corrected chi connectivity index (χ1v) is 8.25. The van der Waals surface area contributed by atoms with E-state index in [9.17, 15) is 0 Å². The first-order chi connectivity index (χ1) is 9.47. The minimum Gasteiger partial charge on any atom is -0.309 e. The van der Waals surface area contributed by atoms with Crippen LogP contribution in [0.3, 0.4) is 0 Å². The summed E-state index contributed by atoms with van der Waals surface area (Å²) in [7, 11) is 0. The molecule has 1 nitrogen and oxygen atoms in total. The zero-order valence-electron chi connectivity index (χ0n) is 14.1. The smallest absolute Gasteiger partial charge is 0.0320 e. The van der Waals surface area contributed by atoms with E-state index < -0.39 is 0 Å². The molecular formula is C19H33N. The first kappa shape index (κ1) is 17.2. The second kappa shape index (κ2) is 8.46.